The van der Waals surface area contributed by atoms with E-state index in [2.05, 4.69) is 5.32 Å². The van der Waals surface area contributed by atoms with Crippen LogP contribution in [0.3, 0.4) is 0 Å². The van der Waals surface area contributed by atoms with Crippen molar-refractivity contribution in [3.8, 4) is 0 Å². The van der Waals surface area contributed by atoms with Gasteiger partial charge in [-0.25, -0.2) is 13.6 Å². The molecule has 3 atom stereocenters. The molecule has 5 rings (SSSR count). The first-order valence-electron chi connectivity index (χ1n) is 9.82. The number of alkyl halides is 1. The van der Waals surface area contributed by atoms with Gasteiger partial charge in [0.05, 0.1) is 10.3 Å². The van der Waals surface area contributed by atoms with Crippen molar-refractivity contribution in [1.29, 1.82) is 0 Å². The van der Waals surface area contributed by atoms with E-state index in [9.17, 15) is 18.0 Å². The summed E-state index contributed by atoms with van der Waals surface area (Å²) in [7, 11) is -3.80. The van der Waals surface area contributed by atoms with Gasteiger partial charge in [0.1, 0.15) is 0 Å². The van der Waals surface area contributed by atoms with Crippen molar-refractivity contribution >= 4 is 39.2 Å². The van der Waals surface area contributed by atoms with Crippen molar-refractivity contribution in [1.82, 2.24) is 0 Å². The molecule has 29 heavy (non-hydrogen) atoms. The Morgan fingerprint density at radius 2 is 1.76 bits per heavy atom. The smallest absolute Gasteiger partial charge is 0.312 e. The molecule has 4 fully saturated rings. The number of carbonyl (C=O) groups is 2. The van der Waals surface area contributed by atoms with Gasteiger partial charge < -0.3 is 10.1 Å². The predicted octanol–water partition coefficient (Wildman–Crippen LogP) is 2.78. The highest BCUT2D eigenvalue weighted by atomic mass is 35.5. The number of hydrogen-bond acceptors (Lipinski definition) is 5. The van der Waals surface area contributed by atoms with Crippen LogP contribution in [0.2, 0.25) is 0 Å². The largest absolute Gasteiger partial charge is 0.452 e. The molecule has 0 unspecified atom stereocenters. The number of primary sulfonamides is 1. The molecule has 0 radical (unpaired) electrons. The molecule has 7 nitrogen and oxygen atoms in total. The Labute approximate surface area is 175 Å². The quantitative estimate of drug-likeness (QED) is 0.539. The number of benzene rings is 1. The van der Waals surface area contributed by atoms with Crippen LogP contribution >= 0.6 is 11.6 Å². The number of amides is 1. The van der Waals surface area contributed by atoms with E-state index in [1.807, 2.05) is 0 Å². The molecule has 4 bridgehead atoms. The second-order valence-electron chi connectivity index (χ2n) is 9.00. The van der Waals surface area contributed by atoms with Gasteiger partial charge in [0, 0.05) is 10.6 Å². The summed E-state index contributed by atoms with van der Waals surface area (Å²) < 4.78 is 28.2. The van der Waals surface area contributed by atoms with Gasteiger partial charge in [0.15, 0.2) is 6.10 Å². The van der Waals surface area contributed by atoms with E-state index < -0.39 is 27.4 Å². The fourth-order valence-corrected chi connectivity index (χ4v) is 6.91. The maximum Gasteiger partial charge on any atom is 0.312 e. The van der Waals surface area contributed by atoms with Crippen LogP contribution in [0.15, 0.2) is 29.2 Å². The zero-order chi connectivity index (χ0) is 21.0. The minimum atomic E-state index is -3.80. The topological polar surface area (TPSA) is 116 Å². The SMILES string of the molecule is C[C@H](OC(=O)C12C[C@H]3C[C@@H](CC(Cl)(C3)C1)C2)C(=O)Nc1ccc(S(N)(=O)=O)cc1. The van der Waals surface area contributed by atoms with Gasteiger partial charge in [-0.3, -0.25) is 9.59 Å². The first kappa shape index (κ1) is 20.6. The lowest BCUT2D eigenvalue weighted by atomic mass is 9.49. The van der Waals surface area contributed by atoms with Crippen LogP contribution in [0.4, 0.5) is 5.69 Å². The summed E-state index contributed by atoms with van der Waals surface area (Å²) in [6.45, 7) is 1.53. The third kappa shape index (κ3) is 4.02. The van der Waals surface area contributed by atoms with Crippen LogP contribution in [-0.4, -0.2) is 31.3 Å². The van der Waals surface area contributed by atoms with Gasteiger partial charge in [-0.2, -0.15) is 0 Å². The average molecular weight is 441 g/mol. The number of ether oxygens (including phenoxy) is 1. The summed E-state index contributed by atoms with van der Waals surface area (Å²) in [6, 6.07) is 5.47. The second-order valence-corrected chi connectivity index (χ2v) is 11.4. The van der Waals surface area contributed by atoms with Gasteiger partial charge in [0.25, 0.3) is 5.91 Å². The monoisotopic (exact) mass is 440 g/mol. The van der Waals surface area contributed by atoms with E-state index >= 15 is 0 Å². The molecule has 0 heterocycles. The number of anilines is 1. The minimum absolute atomic E-state index is 0.0493. The highest BCUT2D eigenvalue weighted by molar-refractivity contribution is 7.89. The summed E-state index contributed by atoms with van der Waals surface area (Å²) in [6.07, 6.45) is 4.29. The van der Waals surface area contributed by atoms with Gasteiger partial charge >= 0.3 is 5.97 Å². The maximum atomic E-state index is 13.0. The lowest BCUT2D eigenvalue weighted by Gasteiger charge is -2.58. The van der Waals surface area contributed by atoms with Gasteiger partial charge in [-0.15, -0.1) is 11.6 Å². The third-order valence-corrected chi connectivity index (χ3v) is 7.90. The molecule has 1 amide bonds. The van der Waals surface area contributed by atoms with Crippen molar-refractivity contribution < 1.29 is 22.7 Å². The van der Waals surface area contributed by atoms with Crippen molar-refractivity contribution in [2.75, 3.05) is 5.32 Å². The summed E-state index contributed by atoms with van der Waals surface area (Å²) in [5.74, 6) is 0.112. The van der Waals surface area contributed by atoms with Crippen LogP contribution in [0.5, 0.6) is 0 Å². The van der Waals surface area contributed by atoms with Gasteiger partial charge in [-0.1, -0.05) is 0 Å². The first-order valence-corrected chi connectivity index (χ1v) is 11.7. The number of hydrogen-bond donors (Lipinski definition) is 2. The molecular formula is C20H25ClN2O5S. The number of rotatable bonds is 5. The van der Waals surface area contributed by atoms with E-state index in [1.165, 1.54) is 31.2 Å². The number of carbonyl (C=O) groups excluding carboxylic acids is 2. The molecule has 9 heteroatoms. The Morgan fingerprint density at radius 3 is 2.28 bits per heavy atom. The zero-order valence-electron chi connectivity index (χ0n) is 16.2. The first-order chi connectivity index (χ1) is 13.5. The molecule has 0 saturated heterocycles. The molecule has 0 spiro atoms. The Hall–Kier alpha value is -1.64. The second kappa shape index (κ2) is 6.96. The van der Waals surface area contributed by atoms with Crippen LogP contribution in [0.25, 0.3) is 0 Å². The fourth-order valence-electron chi connectivity index (χ4n) is 5.70. The highest BCUT2D eigenvalue weighted by Crippen LogP contribution is 2.64. The van der Waals surface area contributed by atoms with E-state index in [-0.39, 0.29) is 15.7 Å². The van der Waals surface area contributed by atoms with Crippen molar-refractivity contribution in [2.45, 2.75) is 61.3 Å². The fraction of sp³-hybridized carbons (Fsp3) is 0.600. The van der Waals surface area contributed by atoms with E-state index in [0.717, 1.165) is 32.1 Å². The van der Waals surface area contributed by atoms with Crippen LogP contribution in [0.1, 0.15) is 45.4 Å². The van der Waals surface area contributed by atoms with Crippen molar-refractivity contribution in [3.63, 3.8) is 0 Å². The normalized spacial score (nSPS) is 33.9. The Morgan fingerprint density at radius 1 is 1.17 bits per heavy atom. The Balaban J connectivity index is 1.39. The molecule has 158 valence electrons. The molecule has 0 aliphatic heterocycles. The molecule has 4 aliphatic carbocycles. The molecule has 4 aliphatic rings. The van der Waals surface area contributed by atoms with Crippen LogP contribution < -0.4 is 10.5 Å². The molecular weight excluding hydrogens is 416 g/mol. The molecule has 4 saturated carbocycles. The lowest BCUT2D eigenvalue weighted by Crippen LogP contribution is -2.57. The highest BCUT2D eigenvalue weighted by Gasteiger charge is 2.61. The van der Waals surface area contributed by atoms with Crippen molar-refractivity contribution in [2.24, 2.45) is 22.4 Å². The average Bonchev–Trinajstić information content (AvgIpc) is 2.59. The number of nitrogens with one attached hydrogen (secondary N) is 1. The number of nitrogens with two attached hydrogens (primary N) is 1. The summed E-state index contributed by atoms with van der Waals surface area (Å²) in [4.78, 5) is 25.1. The Kier molecular flexibility index (Phi) is 4.95. The maximum absolute atomic E-state index is 13.0. The van der Waals surface area contributed by atoms with Crippen molar-refractivity contribution in [3.05, 3.63) is 24.3 Å². The summed E-state index contributed by atoms with van der Waals surface area (Å²) >= 11 is 6.78. The van der Waals surface area contributed by atoms with E-state index in [4.69, 9.17) is 21.5 Å². The zero-order valence-corrected chi connectivity index (χ0v) is 17.8. The summed E-state index contributed by atoms with van der Waals surface area (Å²) in [5, 5.41) is 7.69. The van der Waals surface area contributed by atoms with Gasteiger partial charge in [-0.05, 0) is 81.5 Å². The summed E-state index contributed by atoms with van der Waals surface area (Å²) in [5.41, 5.74) is -0.183. The van der Waals surface area contributed by atoms with E-state index in [1.54, 1.807) is 0 Å². The van der Waals surface area contributed by atoms with Crippen LogP contribution in [-0.2, 0) is 24.3 Å². The number of halogens is 1. The minimum Gasteiger partial charge on any atom is -0.452 e. The molecule has 3 N–H and O–H groups in total. The standard InChI is InChI=1S/C20H25ClN2O5S/c1-12(17(24)23-15-2-4-16(5-3-15)29(22,26)27)28-18(25)19-7-13-6-14(8-19)10-20(21,9-13)11-19/h2-5,12-14H,6-11H2,1H3,(H,23,24)(H2,22,26,27)/t12-,13+,14+,19?,20?/m0/s1. The lowest BCUT2D eigenvalue weighted by molar-refractivity contribution is -0.176. The van der Waals surface area contributed by atoms with Crippen LogP contribution in [0, 0.1) is 17.3 Å². The number of sulfonamides is 1. The third-order valence-electron chi connectivity index (χ3n) is 6.53. The molecule has 1 aromatic carbocycles. The predicted molar refractivity (Wildman–Crippen MR) is 108 cm³/mol. The van der Waals surface area contributed by atoms with Gasteiger partial charge in [0.2, 0.25) is 10.0 Å². The Bertz CT molecular complexity index is 932. The molecule has 1 aromatic rings. The van der Waals surface area contributed by atoms with E-state index in [0.29, 0.717) is 23.9 Å². The number of esters is 1. The molecule has 0 aromatic heterocycles.